The third kappa shape index (κ3) is 3.80. The smallest absolute Gasteiger partial charge is 0.118 e. The fraction of sp³-hybridized carbons (Fsp3) is 0.360. The molecule has 2 aliphatic rings. The van der Waals surface area contributed by atoms with Gasteiger partial charge in [0.25, 0.3) is 0 Å². The fourth-order valence-corrected chi connectivity index (χ4v) is 4.50. The van der Waals surface area contributed by atoms with Gasteiger partial charge in [-0.25, -0.2) is 0 Å². The molecule has 2 aromatic rings. The van der Waals surface area contributed by atoms with Gasteiger partial charge in [0.15, 0.2) is 0 Å². The van der Waals surface area contributed by atoms with Crippen LogP contribution in [0, 0.1) is 0 Å². The Morgan fingerprint density at radius 3 is 2.48 bits per heavy atom. The Hall–Kier alpha value is -2.48. The minimum Gasteiger partial charge on any atom is -0.497 e. The van der Waals surface area contributed by atoms with E-state index in [0.717, 1.165) is 12.2 Å². The highest BCUT2D eigenvalue weighted by atomic mass is 16.5. The number of nitrogens with zero attached hydrogens (tertiary/aromatic N) is 1. The molecule has 4 rings (SSSR count). The van der Waals surface area contributed by atoms with E-state index in [1.54, 1.807) is 18.3 Å². The summed E-state index contributed by atoms with van der Waals surface area (Å²) in [5.74, 6) is 0.925. The molecular weight excluding hydrogens is 330 g/mol. The molecule has 0 N–H and O–H groups in total. The lowest BCUT2D eigenvalue weighted by Crippen LogP contribution is -2.39. The maximum Gasteiger partial charge on any atom is 0.118 e. The van der Waals surface area contributed by atoms with Gasteiger partial charge < -0.3 is 9.64 Å². The first-order valence-electron chi connectivity index (χ1n) is 10.1. The molecule has 27 heavy (non-hydrogen) atoms. The molecule has 1 aliphatic heterocycles. The van der Waals surface area contributed by atoms with E-state index in [0.29, 0.717) is 12.1 Å². The number of methoxy groups -OCH3 is 1. The van der Waals surface area contributed by atoms with Gasteiger partial charge in [-0.05, 0) is 79.5 Å². The average Bonchev–Trinajstić information content (AvgIpc) is 2.74. The van der Waals surface area contributed by atoms with Crippen LogP contribution < -0.4 is 4.74 Å². The molecule has 0 radical (unpaired) electrons. The molecule has 0 fully saturated rings. The van der Waals surface area contributed by atoms with Crippen LogP contribution in [0.4, 0.5) is 0 Å². The van der Waals surface area contributed by atoms with Crippen LogP contribution in [0.5, 0.6) is 5.75 Å². The van der Waals surface area contributed by atoms with Crippen molar-refractivity contribution in [3.05, 3.63) is 89.1 Å². The summed E-state index contributed by atoms with van der Waals surface area (Å²) >= 11 is 0. The third-order valence-electron chi connectivity index (χ3n) is 6.08. The standard InChI is InChI=1S/C25H29NO/c1-19(21-8-4-3-5-9-21)26-17-16-22-10-6-7-11-24(22)25(26)18-20-12-14-23(27-2)15-13-20/h3-5,8-9,12-17,19,25H,6-7,10-11,18H2,1-2H3/t19-,25+/m1/s1. The summed E-state index contributed by atoms with van der Waals surface area (Å²) in [5.41, 5.74) is 5.99. The number of allylic oxidation sites excluding steroid dienone is 2. The van der Waals surface area contributed by atoms with E-state index in [4.69, 9.17) is 4.74 Å². The van der Waals surface area contributed by atoms with Crippen molar-refractivity contribution in [2.75, 3.05) is 7.11 Å². The third-order valence-corrected chi connectivity index (χ3v) is 6.08. The molecular formula is C25H29NO. The molecule has 2 nitrogen and oxygen atoms in total. The minimum atomic E-state index is 0.363. The molecule has 0 unspecified atom stereocenters. The van der Waals surface area contributed by atoms with E-state index in [-0.39, 0.29) is 0 Å². The Kier molecular flexibility index (Phi) is 5.33. The predicted molar refractivity (Wildman–Crippen MR) is 112 cm³/mol. The van der Waals surface area contributed by atoms with Crippen molar-refractivity contribution in [3.8, 4) is 5.75 Å². The first kappa shape index (κ1) is 17.9. The van der Waals surface area contributed by atoms with Crippen molar-refractivity contribution in [1.82, 2.24) is 4.90 Å². The Labute approximate surface area is 163 Å². The van der Waals surface area contributed by atoms with Gasteiger partial charge in [-0.3, -0.25) is 0 Å². The van der Waals surface area contributed by atoms with Crippen molar-refractivity contribution < 1.29 is 4.74 Å². The Balaban J connectivity index is 1.64. The van der Waals surface area contributed by atoms with Crippen LogP contribution in [0.15, 0.2) is 78.0 Å². The normalized spacial score (nSPS) is 20.4. The topological polar surface area (TPSA) is 12.5 Å². The highest BCUT2D eigenvalue weighted by Gasteiger charge is 2.30. The fourth-order valence-electron chi connectivity index (χ4n) is 4.50. The Morgan fingerprint density at radius 1 is 1.00 bits per heavy atom. The molecule has 0 spiro atoms. The van der Waals surface area contributed by atoms with Gasteiger partial charge >= 0.3 is 0 Å². The van der Waals surface area contributed by atoms with Crippen LogP contribution in [-0.2, 0) is 6.42 Å². The predicted octanol–water partition coefficient (Wildman–Crippen LogP) is 6.07. The summed E-state index contributed by atoms with van der Waals surface area (Å²) in [6.07, 6.45) is 10.9. The van der Waals surface area contributed by atoms with Gasteiger partial charge in [0, 0.05) is 6.20 Å². The van der Waals surface area contributed by atoms with Gasteiger partial charge in [-0.15, -0.1) is 0 Å². The maximum absolute atomic E-state index is 5.33. The zero-order valence-electron chi connectivity index (χ0n) is 16.4. The van der Waals surface area contributed by atoms with Crippen molar-refractivity contribution in [2.45, 2.75) is 51.1 Å². The Bertz CT molecular complexity index is 819. The van der Waals surface area contributed by atoms with E-state index in [9.17, 15) is 0 Å². The quantitative estimate of drug-likeness (QED) is 0.642. The van der Waals surface area contributed by atoms with Crippen molar-refractivity contribution >= 4 is 0 Å². The maximum atomic E-state index is 5.33. The molecule has 140 valence electrons. The lowest BCUT2D eigenvalue weighted by atomic mass is 9.81. The summed E-state index contributed by atoms with van der Waals surface area (Å²) < 4.78 is 5.33. The molecule has 2 aromatic carbocycles. The first-order valence-corrected chi connectivity index (χ1v) is 10.1. The molecule has 0 amide bonds. The van der Waals surface area contributed by atoms with Crippen molar-refractivity contribution in [2.24, 2.45) is 0 Å². The number of ether oxygens (including phenoxy) is 1. The monoisotopic (exact) mass is 359 g/mol. The molecule has 1 aliphatic carbocycles. The summed E-state index contributed by atoms with van der Waals surface area (Å²) in [5, 5.41) is 0. The van der Waals surface area contributed by atoms with Crippen LogP contribution in [0.1, 0.15) is 49.8 Å². The molecule has 0 bridgehead atoms. The number of benzene rings is 2. The van der Waals surface area contributed by atoms with Gasteiger partial charge in [0.2, 0.25) is 0 Å². The zero-order chi connectivity index (χ0) is 18.6. The van der Waals surface area contributed by atoms with Crippen LogP contribution in [-0.4, -0.2) is 18.1 Å². The SMILES string of the molecule is COc1ccc(C[C@H]2C3=C(C=CN2[C@H](C)c2ccccc2)CCCC3)cc1. The van der Waals surface area contributed by atoms with Crippen LogP contribution in [0.25, 0.3) is 0 Å². The number of hydrogen-bond acceptors (Lipinski definition) is 2. The molecule has 0 aromatic heterocycles. The van der Waals surface area contributed by atoms with E-state index in [1.807, 2.05) is 0 Å². The number of hydrogen-bond donors (Lipinski definition) is 0. The van der Waals surface area contributed by atoms with Crippen LogP contribution in [0.2, 0.25) is 0 Å². The first-order chi connectivity index (χ1) is 13.3. The minimum absolute atomic E-state index is 0.363. The summed E-state index contributed by atoms with van der Waals surface area (Å²) in [4.78, 5) is 2.57. The summed E-state index contributed by atoms with van der Waals surface area (Å²) in [7, 11) is 1.73. The van der Waals surface area contributed by atoms with Gasteiger partial charge in [0.1, 0.15) is 5.75 Å². The molecule has 2 heteroatoms. The molecule has 2 atom stereocenters. The van der Waals surface area contributed by atoms with E-state index < -0.39 is 0 Å². The summed E-state index contributed by atoms with van der Waals surface area (Å²) in [6.45, 7) is 2.33. The van der Waals surface area contributed by atoms with Gasteiger partial charge in [-0.1, -0.05) is 42.5 Å². The highest BCUT2D eigenvalue weighted by Crippen LogP contribution is 2.38. The van der Waals surface area contributed by atoms with Crippen molar-refractivity contribution in [3.63, 3.8) is 0 Å². The van der Waals surface area contributed by atoms with Crippen LogP contribution >= 0.6 is 0 Å². The lowest BCUT2D eigenvalue weighted by molar-refractivity contribution is 0.228. The van der Waals surface area contributed by atoms with E-state index in [2.05, 4.69) is 78.7 Å². The Morgan fingerprint density at radius 2 is 1.74 bits per heavy atom. The highest BCUT2D eigenvalue weighted by molar-refractivity contribution is 5.38. The van der Waals surface area contributed by atoms with E-state index >= 15 is 0 Å². The largest absolute Gasteiger partial charge is 0.497 e. The second-order valence-corrected chi connectivity index (χ2v) is 7.68. The summed E-state index contributed by atoms with van der Waals surface area (Å²) in [6, 6.07) is 20.3. The van der Waals surface area contributed by atoms with Gasteiger partial charge in [-0.2, -0.15) is 0 Å². The molecule has 1 heterocycles. The second kappa shape index (κ2) is 8.04. The van der Waals surface area contributed by atoms with Crippen molar-refractivity contribution in [1.29, 1.82) is 0 Å². The van der Waals surface area contributed by atoms with E-state index in [1.165, 1.54) is 36.8 Å². The van der Waals surface area contributed by atoms with Crippen LogP contribution in [0.3, 0.4) is 0 Å². The van der Waals surface area contributed by atoms with Gasteiger partial charge in [0.05, 0.1) is 19.2 Å². The number of rotatable bonds is 5. The average molecular weight is 360 g/mol. The molecule has 0 saturated carbocycles. The second-order valence-electron chi connectivity index (χ2n) is 7.68. The molecule has 0 saturated heterocycles. The zero-order valence-corrected chi connectivity index (χ0v) is 16.4. The lowest BCUT2D eigenvalue weighted by Gasteiger charge is -2.42.